The van der Waals surface area contributed by atoms with Crippen LogP contribution in [0.15, 0.2) is 12.4 Å². The molecule has 1 atom stereocenters. The maximum absolute atomic E-state index is 9.39. The minimum absolute atomic E-state index is 0.179. The van der Waals surface area contributed by atoms with Gasteiger partial charge in [0.1, 0.15) is 0 Å². The summed E-state index contributed by atoms with van der Waals surface area (Å²) in [7, 11) is 0. The molecule has 1 unspecified atom stereocenters. The number of aliphatic hydroxyl groups excluding tert-OH is 1. The summed E-state index contributed by atoms with van der Waals surface area (Å²) >= 11 is 0. The molecule has 2 rings (SSSR count). The van der Waals surface area contributed by atoms with Gasteiger partial charge in [0, 0.05) is 31.0 Å². The van der Waals surface area contributed by atoms with Gasteiger partial charge in [-0.3, -0.25) is 0 Å². The van der Waals surface area contributed by atoms with Crippen molar-refractivity contribution in [3.63, 3.8) is 0 Å². The first-order valence-electron chi connectivity index (χ1n) is 6.74. The highest BCUT2D eigenvalue weighted by atomic mass is 16.3. The van der Waals surface area contributed by atoms with Crippen molar-refractivity contribution in [3.05, 3.63) is 18.0 Å². The first kappa shape index (κ1) is 13.2. The Morgan fingerprint density at radius 1 is 1.39 bits per heavy atom. The number of hydrogen-bond donors (Lipinski definition) is 2. The number of piperidine rings is 1. The Morgan fingerprint density at radius 2 is 2.17 bits per heavy atom. The molecule has 2 heterocycles. The monoisotopic (exact) mass is 250 g/mol. The second-order valence-corrected chi connectivity index (χ2v) is 4.70. The van der Waals surface area contributed by atoms with E-state index in [4.69, 9.17) is 0 Å². The maximum Gasteiger partial charge on any atom is 0.225 e. The number of anilines is 1. The Labute approximate surface area is 108 Å². The number of aliphatic hydroxyl groups is 1. The molecule has 0 radical (unpaired) electrons. The van der Waals surface area contributed by atoms with Crippen LogP contribution in [0.5, 0.6) is 0 Å². The number of hydrogen-bond acceptors (Lipinski definition) is 5. The van der Waals surface area contributed by atoms with E-state index >= 15 is 0 Å². The Kier molecular flexibility index (Phi) is 4.90. The highest BCUT2D eigenvalue weighted by Crippen LogP contribution is 2.21. The summed E-state index contributed by atoms with van der Waals surface area (Å²) in [6.45, 7) is 4.95. The number of nitrogens with zero attached hydrogens (tertiary/aromatic N) is 3. The molecule has 2 N–H and O–H groups in total. The smallest absolute Gasteiger partial charge is 0.225 e. The molecule has 1 saturated heterocycles. The van der Waals surface area contributed by atoms with Crippen LogP contribution < -0.4 is 10.2 Å². The molecule has 18 heavy (non-hydrogen) atoms. The first-order chi connectivity index (χ1) is 8.85. The topological polar surface area (TPSA) is 61.3 Å². The van der Waals surface area contributed by atoms with Gasteiger partial charge in [0.25, 0.3) is 0 Å². The van der Waals surface area contributed by atoms with Gasteiger partial charge in [-0.25, -0.2) is 9.97 Å². The van der Waals surface area contributed by atoms with Crippen molar-refractivity contribution in [3.8, 4) is 0 Å². The average molecular weight is 250 g/mol. The van der Waals surface area contributed by atoms with Crippen LogP contribution >= 0.6 is 0 Å². The summed E-state index contributed by atoms with van der Waals surface area (Å²) in [4.78, 5) is 11.0. The average Bonchev–Trinajstić information content (AvgIpc) is 2.45. The Morgan fingerprint density at radius 3 is 2.83 bits per heavy atom. The quantitative estimate of drug-likeness (QED) is 0.814. The Balaban J connectivity index is 2.03. The fourth-order valence-electron chi connectivity index (χ4n) is 2.31. The minimum atomic E-state index is 0.179. The molecular formula is C13H22N4O. The molecule has 5 nitrogen and oxygen atoms in total. The predicted molar refractivity (Wildman–Crippen MR) is 71.5 cm³/mol. The highest BCUT2D eigenvalue weighted by Gasteiger charge is 2.23. The van der Waals surface area contributed by atoms with Crippen LogP contribution in [0.3, 0.4) is 0 Å². The Hall–Kier alpha value is -1.20. The van der Waals surface area contributed by atoms with E-state index in [1.54, 1.807) is 0 Å². The molecule has 1 aromatic rings. The molecule has 0 aromatic carbocycles. The van der Waals surface area contributed by atoms with Gasteiger partial charge in [-0.05, 0) is 25.8 Å². The summed E-state index contributed by atoms with van der Waals surface area (Å²) < 4.78 is 0. The van der Waals surface area contributed by atoms with Crippen molar-refractivity contribution in [2.24, 2.45) is 0 Å². The van der Waals surface area contributed by atoms with E-state index in [9.17, 15) is 5.11 Å². The summed E-state index contributed by atoms with van der Waals surface area (Å²) in [5.41, 5.74) is 1.10. The molecule has 0 spiro atoms. The second kappa shape index (κ2) is 6.66. The molecule has 1 aromatic heterocycles. The zero-order valence-corrected chi connectivity index (χ0v) is 11.0. The van der Waals surface area contributed by atoms with Gasteiger partial charge in [-0.1, -0.05) is 6.92 Å². The lowest BCUT2D eigenvalue weighted by molar-refractivity contribution is 0.239. The normalized spacial score (nSPS) is 20.1. The van der Waals surface area contributed by atoms with Crippen LogP contribution in [0.4, 0.5) is 5.95 Å². The summed E-state index contributed by atoms with van der Waals surface area (Å²) in [5.74, 6) is 0.744. The molecule has 0 amide bonds. The minimum Gasteiger partial charge on any atom is -0.394 e. The van der Waals surface area contributed by atoms with Gasteiger partial charge in [0.15, 0.2) is 0 Å². The lowest BCUT2D eigenvalue weighted by Gasteiger charge is -2.34. The van der Waals surface area contributed by atoms with Crippen molar-refractivity contribution in [2.75, 3.05) is 24.6 Å². The van der Waals surface area contributed by atoms with E-state index in [0.29, 0.717) is 0 Å². The van der Waals surface area contributed by atoms with Gasteiger partial charge in [-0.2, -0.15) is 0 Å². The van der Waals surface area contributed by atoms with Gasteiger partial charge < -0.3 is 15.3 Å². The molecule has 1 fully saturated rings. The molecule has 1 aliphatic heterocycles. The van der Waals surface area contributed by atoms with Gasteiger partial charge in [0.05, 0.1) is 12.6 Å². The van der Waals surface area contributed by atoms with Crippen molar-refractivity contribution in [1.29, 1.82) is 0 Å². The molecular weight excluding hydrogens is 228 g/mol. The largest absolute Gasteiger partial charge is 0.394 e. The van der Waals surface area contributed by atoms with Crippen molar-refractivity contribution in [1.82, 2.24) is 15.3 Å². The summed E-state index contributed by atoms with van der Waals surface area (Å²) in [6, 6.07) is 0.179. The van der Waals surface area contributed by atoms with Crippen molar-refractivity contribution in [2.45, 2.75) is 38.8 Å². The van der Waals surface area contributed by atoms with E-state index in [0.717, 1.165) is 44.0 Å². The first-order valence-corrected chi connectivity index (χ1v) is 6.74. The lowest BCUT2D eigenvalue weighted by Crippen LogP contribution is -2.42. The van der Waals surface area contributed by atoms with Crippen LogP contribution in [-0.2, 0) is 6.54 Å². The molecule has 100 valence electrons. The number of nitrogens with one attached hydrogen (secondary N) is 1. The molecule has 0 aliphatic carbocycles. The predicted octanol–water partition coefficient (Wildman–Crippen LogP) is 0.937. The molecule has 5 heteroatoms. The standard InChI is InChI=1S/C13H22N4O/c1-2-14-7-11-8-15-13(16-9-11)17-6-4-3-5-12(17)10-18/h8-9,12,14,18H,2-7,10H2,1H3. The zero-order chi connectivity index (χ0) is 12.8. The summed E-state index contributed by atoms with van der Waals surface area (Å²) in [5, 5.41) is 12.6. The van der Waals surface area contributed by atoms with Crippen molar-refractivity contribution >= 4 is 5.95 Å². The third-order valence-electron chi connectivity index (χ3n) is 3.37. The van der Waals surface area contributed by atoms with Crippen LogP contribution in [-0.4, -0.2) is 40.8 Å². The number of aromatic nitrogens is 2. The third kappa shape index (κ3) is 3.17. The van der Waals surface area contributed by atoms with Gasteiger partial charge in [-0.15, -0.1) is 0 Å². The van der Waals surface area contributed by atoms with Crippen LogP contribution in [0, 0.1) is 0 Å². The SMILES string of the molecule is CCNCc1cnc(N2CCCCC2CO)nc1. The molecule has 0 bridgehead atoms. The maximum atomic E-state index is 9.39. The molecule has 1 aliphatic rings. The Bertz CT molecular complexity index is 355. The third-order valence-corrected chi connectivity index (χ3v) is 3.37. The zero-order valence-electron chi connectivity index (χ0n) is 11.0. The summed E-state index contributed by atoms with van der Waals surface area (Å²) in [6.07, 6.45) is 7.10. The fourth-order valence-corrected chi connectivity index (χ4v) is 2.31. The lowest BCUT2D eigenvalue weighted by atomic mass is 10.0. The van der Waals surface area contributed by atoms with Crippen LogP contribution in [0.25, 0.3) is 0 Å². The fraction of sp³-hybridized carbons (Fsp3) is 0.692. The van der Waals surface area contributed by atoms with Gasteiger partial charge in [0.2, 0.25) is 5.95 Å². The van der Waals surface area contributed by atoms with Crippen LogP contribution in [0.2, 0.25) is 0 Å². The van der Waals surface area contributed by atoms with Crippen molar-refractivity contribution < 1.29 is 5.11 Å². The molecule has 0 saturated carbocycles. The van der Waals surface area contributed by atoms with E-state index in [2.05, 4.69) is 27.1 Å². The van der Waals surface area contributed by atoms with E-state index in [1.165, 1.54) is 6.42 Å². The number of rotatable bonds is 5. The van der Waals surface area contributed by atoms with E-state index < -0.39 is 0 Å². The van der Waals surface area contributed by atoms with Gasteiger partial charge >= 0.3 is 0 Å². The second-order valence-electron chi connectivity index (χ2n) is 4.70. The van der Waals surface area contributed by atoms with E-state index in [1.807, 2.05) is 12.4 Å². The van der Waals surface area contributed by atoms with Crippen LogP contribution in [0.1, 0.15) is 31.7 Å². The van der Waals surface area contributed by atoms with E-state index in [-0.39, 0.29) is 12.6 Å². The highest BCUT2D eigenvalue weighted by molar-refractivity contribution is 5.32.